The third-order valence-electron chi connectivity index (χ3n) is 4.26. The summed E-state index contributed by atoms with van der Waals surface area (Å²) >= 11 is 0. The first kappa shape index (κ1) is 21.6. The molecule has 0 unspecified atom stereocenters. The van der Waals surface area contributed by atoms with E-state index in [9.17, 15) is 16.8 Å². The molecule has 0 amide bonds. The minimum atomic E-state index is -3.70. The lowest BCUT2D eigenvalue weighted by Crippen LogP contribution is -2.46. The van der Waals surface area contributed by atoms with Gasteiger partial charge in [-0.05, 0) is 43.4 Å². The monoisotopic (exact) mass is 431 g/mol. The first-order valence-electron chi connectivity index (χ1n) is 8.16. The minimum Gasteiger partial charge on any atom is -0.304 e. The second kappa shape index (κ2) is 8.57. The second-order valence-electron chi connectivity index (χ2n) is 6.15. The highest BCUT2D eigenvalue weighted by atomic mass is 35.5. The van der Waals surface area contributed by atoms with Crippen molar-refractivity contribution in [3.05, 3.63) is 54.6 Å². The van der Waals surface area contributed by atoms with Gasteiger partial charge in [0.05, 0.1) is 9.79 Å². The van der Waals surface area contributed by atoms with E-state index in [1.165, 1.54) is 40.7 Å². The van der Waals surface area contributed by atoms with Crippen LogP contribution in [0.25, 0.3) is 0 Å². The van der Waals surface area contributed by atoms with Crippen LogP contribution in [-0.4, -0.2) is 59.3 Å². The van der Waals surface area contributed by atoms with Gasteiger partial charge in [-0.3, -0.25) is 4.72 Å². The summed E-state index contributed by atoms with van der Waals surface area (Å²) in [5, 5.41) is 0. The van der Waals surface area contributed by atoms with Crippen LogP contribution in [0.2, 0.25) is 0 Å². The van der Waals surface area contributed by atoms with Gasteiger partial charge in [-0.25, -0.2) is 16.8 Å². The molecule has 0 aromatic heterocycles. The molecule has 27 heavy (non-hydrogen) atoms. The minimum absolute atomic E-state index is 0. The number of nitrogens with zero attached hydrogens (tertiary/aromatic N) is 2. The van der Waals surface area contributed by atoms with Gasteiger partial charge in [0.25, 0.3) is 10.0 Å². The molecule has 148 valence electrons. The van der Waals surface area contributed by atoms with Gasteiger partial charge in [0.15, 0.2) is 0 Å². The van der Waals surface area contributed by atoms with Gasteiger partial charge in [0, 0.05) is 31.9 Å². The molecule has 1 aliphatic heterocycles. The Labute approximate surface area is 166 Å². The van der Waals surface area contributed by atoms with Crippen molar-refractivity contribution in [3.63, 3.8) is 0 Å². The van der Waals surface area contributed by atoms with Crippen LogP contribution >= 0.6 is 12.4 Å². The molecular formula is C17H22ClN3O4S2. The highest BCUT2D eigenvalue weighted by Crippen LogP contribution is 2.21. The Morgan fingerprint density at radius 1 is 0.778 bits per heavy atom. The molecule has 2 aromatic carbocycles. The number of hydrogen-bond acceptors (Lipinski definition) is 5. The van der Waals surface area contributed by atoms with Crippen molar-refractivity contribution >= 4 is 38.1 Å². The molecule has 3 rings (SSSR count). The van der Waals surface area contributed by atoms with E-state index < -0.39 is 20.0 Å². The lowest BCUT2D eigenvalue weighted by molar-refractivity contribution is 0.222. The van der Waals surface area contributed by atoms with Crippen LogP contribution in [-0.2, 0) is 20.0 Å². The molecule has 0 aliphatic carbocycles. The highest BCUT2D eigenvalue weighted by molar-refractivity contribution is 7.92. The lowest BCUT2D eigenvalue weighted by atomic mass is 10.3. The Bertz CT molecular complexity index is 957. The number of benzene rings is 2. The summed E-state index contributed by atoms with van der Waals surface area (Å²) in [5.74, 6) is 0. The van der Waals surface area contributed by atoms with Crippen LogP contribution in [0.15, 0.2) is 64.4 Å². The number of hydrogen-bond donors (Lipinski definition) is 1. The average Bonchev–Trinajstić information content (AvgIpc) is 2.63. The Morgan fingerprint density at radius 2 is 1.33 bits per heavy atom. The van der Waals surface area contributed by atoms with E-state index in [1.807, 2.05) is 7.05 Å². The molecule has 2 aromatic rings. The third-order valence-corrected chi connectivity index (χ3v) is 7.57. The summed E-state index contributed by atoms with van der Waals surface area (Å²) in [6.45, 7) is 2.27. The van der Waals surface area contributed by atoms with Crippen LogP contribution in [0, 0.1) is 0 Å². The molecule has 7 nitrogen and oxygen atoms in total. The number of sulfonamides is 2. The SMILES string of the molecule is CN1CCN(S(=O)(=O)c2ccc(NS(=O)(=O)c3ccccc3)cc2)CC1.Cl. The Kier molecular flexibility index (Phi) is 6.87. The number of piperazine rings is 1. The highest BCUT2D eigenvalue weighted by Gasteiger charge is 2.27. The molecule has 0 atom stereocenters. The smallest absolute Gasteiger partial charge is 0.261 e. The zero-order valence-corrected chi connectivity index (χ0v) is 17.2. The normalized spacial score (nSPS) is 16.5. The first-order chi connectivity index (χ1) is 12.3. The molecule has 1 aliphatic rings. The molecule has 0 radical (unpaired) electrons. The standard InChI is InChI=1S/C17H21N3O4S2.ClH/c1-19-11-13-20(14-12-19)26(23,24)17-9-7-15(8-10-17)18-25(21,22)16-5-3-2-4-6-16;/h2-10,18H,11-14H2,1H3;1H. The van der Waals surface area contributed by atoms with Crippen LogP contribution in [0.3, 0.4) is 0 Å². The van der Waals surface area contributed by atoms with Crippen molar-refractivity contribution in [1.29, 1.82) is 0 Å². The van der Waals surface area contributed by atoms with Crippen LogP contribution in [0.1, 0.15) is 0 Å². The first-order valence-corrected chi connectivity index (χ1v) is 11.1. The fourth-order valence-corrected chi connectivity index (χ4v) is 5.19. The van der Waals surface area contributed by atoms with Crippen LogP contribution in [0.5, 0.6) is 0 Å². The fourth-order valence-electron chi connectivity index (χ4n) is 2.69. The molecule has 0 bridgehead atoms. The van der Waals surface area contributed by atoms with E-state index in [1.54, 1.807) is 18.2 Å². The predicted molar refractivity (Wildman–Crippen MR) is 107 cm³/mol. The number of nitrogens with one attached hydrogen (secondary N) is 1. The van der Waals surface area contributed by atoms with Gasteiger partial charge in [0.2, 0.25) is 10.0 Å². The zero-order chi connectivity index (χ0) is 18.8. The molecule has 0 saturated carbocycles. The number of anilines is 1. The summed E-state index contributed by atoms with van der Waals surface area (Å²) in [6.07, 6.45) is 0. The van der Waals surface area contributed by atoms with Gasteiger partial charge in [-0.1, -0.05) is 18.2 Å². The maximum absolute atomic E-state index is 12.7. The fraction of sp³-hybridized carbons (Fsp3) is 0.294. The number of halogens is 1. The van der Waals surface area contributed by atoms with Gasteiger partial charge in [-0.2, -0.15) is 4.31 Å². The average molecular weight is 432 g/mol. The van der Waals surface area contributed by atoms with E-state index in [2.05, 4.69) is 9.62 Å². The summed E-state index contributed by atoms with van der Waals surface area (Å²) in [5.41, 5.74) is 0.311. The van der Waals surface area contributed by atoms with Crippen LogP contribution in [0.4, 0.5) is 5.69 Å². The van der Waals surface area contributed by atoms with Crippen molar-refractivity contribution < 1.29 is 16.8 Å². The zero-order valence-electron chi connectivity index (χ0n) is 14.8. The van der Waals surface area contributed by atoms with E-state index >= 15 is 0 Å². The van der Waals surface area contributed by atoms with Gasteiger partial charge >= 0.3 is 0 Å². The molecule has 1 N–H and O–H groups in total. The largest absolute Gasteiger partial charge is 0.304 e. The summed E-state index contributed by atoms with van der Waals surface area (Å²) < 4.78 is 53.9. The maximum Gasteiger partial charge on any atom is 0.261 e. The van der Waals surface area contributed by atoms with E-state index in [0.29, 0.717) is 31.9 Å². The van der Waals surface area contributed by atoms with Crippen molar-refractivity contribution in [3.8, 4) is 0 Å². The second-order valence-corrected chi connectivity index (χ2v) is 9.77. The third kappa shape index (κ3) is 4.99. The topological polar surface area (TPSA) is 86.8 Å². The van der Waals surface area contributed by atoms with Crippen molar-refractivity contribution in [1.82, 2.24) is 9.21 Å². The van der Waals surface area contributed by atoms with Crippen molar-refractivity contribution in [2.45, 2.75) is 9.79 Å². The number of rotatable bonds is 5. The predicted octanol–water partition coefficient (Wildman–Crippen LogP) is 1.85. The summed E-state index contributed by atoms with van der Waals surface area (Å²) in [7, 11) is -5.32. The van der Waals surface area contributed by atoms with E-state index in [0.717, 1.165) is 0 Å². The van der Waals surface area contributed by atoms with E-state index in [4.69, 9.17) is 0 Å². The maximum atomic E-state index is 12.7. The molecular weight excluding hydrogens is 410 g/mol. The molecule has 1 saturated heterocycles. The Balaban J connectivity index is 0.00000261. The molecule has 1 fully saturated rings. The van der Waals surface area contributed by atoms with Crippen molar-refractivity contribution in [2.24, 2.45) is 0 Å². The lowest BCUT2D eigenvalue weighted by Gasteiger charge is -2.31. The van der Waals surface area contributed by atoms with E-state index in [-0.39, 0.29) is 22.2 Å². The number of likely N-dealkylation sites (N-methyl/N-ethyl adjacent to an activating group) is 1. The molecule has 0 spiro atoms. The molecule has 10 heteroatoms. The summed E-state index contributed by atoms with van der Waals surface area (Å²) in [4.78, 5) is 2.38. The van der Waals surface area contributed by atoms with Crippen LogP contribution < -0.4 is 4.72 Å². The van der Waals surface area contributed by atoms with Gasteiger partial charge in [0.1, 0.15) is 0 Å². The quantitative estimate of drug-likeness (QED) is 0.780. The Morgan fingerprint density at radius 3 is 1.89 bits per heavy atom. The van der Waals surface area contributed by atoms with Gasteiger partial charge in [-0.15, -0.1) is 12.4 Å². The summed E-state index contributed by atoms with van der Waals surface area (Å²) in [6, 6.07) is 13.8. The van der Waals surface area contributed by atoms with Crippen molar-refractivity contribution in [2.75, 3.05) is 37.9 Å². The Hall–Kier alpha value is -1.65. The molecule has 1 heterocycles. The van der Waals surface area contributed by atoms with Gasteiger partial charge < -0.3 is 4.90 Å².